The van der Waals surface area contributed by atoms with Gasteiger partial charge in [0.1, 0.15) is 0 Å². The lowest BCUT2D eigenvalue weighted by atomic mass is 10.1. The van der Waals surface area contributed by atoms with Crippen molar-refractivity contribution in [3.8, 4) is 0 Å². The Kier molecular flexibility index (Phi) is 4.61. The molecular weight excluding hydrogens is 282 g/mol. The van der Waals surface area contributed by atoms with Crippen LogP contribution in [-0.2, 0) is 13.0 Å². The molecule has 0 saturated heterocycles. The first-order valence-electron chi connectivity index (χ1n) is 7.80. The van der Waals surface area contributed by atoms with Crippen LogP contribution < -0.4 is 5.32 Å². The zero-order valence-electron chi connectivity index (χ0n) is 12.5. The average molecular weight is 304 g/mol. The van der Waals surface area contributed by atoms with Crippen molar-refractivity contribution in [3.63, 3.8) is 0 Å². The largest absolute Gasteiger partial charge is 0.310 e. The van der Waals surface area contributed by atoms with Gasteiger partial charge in [0.15, 0.2) is 0 Å². The fourth-order valence-corrected chi connectivity index (χ4v) is 3.40. The van der Waals surface area contributed by atoms with E-state index in [2.05, 4.69) is 34.3 Å². The van der Waals surface area contributed by atoms with Gasteiger partial charge in [0.2, 0.25) is 0 Å². The van der Waals surface area contributed by atoms with Crippen LogP contribution in [0.4, 0.5) is 0 Å². The third-order valence-corrected chi connectivity index (χ3v) is 4.42. The van der Waals surface area contributed by atoms with E-state index >= 15 is 0 Å². The van der Waals surface area contributed by atoms with E-state index in [-0.39, 0.29) is 0 Å². The predicted octanol–water partition coefficient (Wildman–Crippen LogP) is 3.96. The van der Waals surface area contributed by atoms with Crippen molar-refractivity contribution in [2.45, 2.75) is 45.2 Å². The van der Waals surface area contributed by atoms with Gasteiger partial charge in [0.25, 0.3) is 0 Å². The number of rotatable bonds is 4. The quantitative estimate of drug-likeness (QED) is 0.866. The highest BCUT2D eigenvalue weighted by Crippen LogP contribution is 2.29. The van der Waals surface area contributed by atoms with E-state index in [0.717, 1.165) is 24.5 Å². The summed E-state index contributed by atoms with van der Waals surface area (Å²) in [6.45, 7) is 3.97. The normalized spacial score (nSPS) is 18.3. The Labute approximate surface area is 131 Å². The Hall–Kier alpha value is -1.32. The van der Waals surface area contributed by atoms with Gasteiger partial charge in [0, 0.05) is 22.3 Å². The smallest absolute Gasteiger partial charge is 0.0663 e. The molecule has 3 nitrogen and oxygen atoms in total. The molecule has 1 N–H and O–H groups in total. The molecular formula is C17H22ClN3. The summed E-state index contributed by atoms with van der Waals surface area (Å²) < 4.78 is 2.15. The van der Waals surface area contributed by atoms with Crippen LogP contribution in [-0.4, -0.2) is 16.3 Å². The van der Waals surface area contributed by atoms with Crippen LogP contribution in [0.2, 0.25) is 5.02 Å². The van der Waals surface area contributed by atoms with Crippen molar-refractivity contribution in [1.29, 1.82) is 0 Å². The summed E-state index contributed by atoms with van der Waals surface area (Å²) in [6, 6.07) is 8.50. The van der Waals surface area contributed by atoms with E-state index in [1.165, 1.54) is 36.1 Å². The summed E-state index contributed by atoms with van der Waals surface area (Å²) in [5.41, 5.74) is 3.98. The molecule has 1 heterocycles. The van der Waals surface area contributed by atoms with Crippen molar-refractivity contribution in [2.24, 2.45) is 0 Å². The average Bonchev–Trinajstić information content (AvgIpc) is 2.74. The maximum atomic E-state index is 6.08. The molecule has 1 unspecified atom stereocenters. The number of nitrogens with one attached hydrogen (secondary N) is 1. The zero-order chi connectivity index (χ0) is 14.7. The molecule has 1 atom stereocenters. The lowest BCUT2D eigenvalue weighted by Gasteiger charge is -2.15. The first-order chi connectivity index (χ1) is 10.3. The second-order valence-electron chi connectivity index (χ2n) is 5.69. The summed E-state index contributed by atoms with van der Waals surface area (Å²) in [6.07, 6.45) is 6.92. The van der Waals surface area contributed by atoms with Crippen molar-refractivity contribution in [1.82, 2.24) is 15.1 Å². The minimum absolute atomic E-state index is 0.459. The van der Waals surface area contributed by atoms with Gasteiger partial charge >= 0.3 is 0 Å². The molecule has 1 aromatic carbocycles. The van der Waals surface area contributed by atoms with Gasteiger partial charge in [-0.05, 0) is 43.5 Å². The topological polar surface area (TPSA) is 29.9 Å². The van der Waals surface area contributed by atoms with Gasteiger partial charge in [-0.15, -0.1) is 0 Å². The standard InChI is InChI=1S/C17H22ClN3/c1-2-19-16-8-3-4-9-17-15(16)11-20-21(17)12-13-6-5-7-14(18)10-13/h5-7,10-11,16,19H,2-4,8-9,12H2,1H3. The van der Waals surface area contributed by atoms with Crippen LogP contribution >= 0.6 is 11.6 Å². The Balaban J connectivity index is 1.87. The molecule has 112 valence electrons. The minimum atomic E-state index is 0.459. The van der Waals surface area contributed by atoms with Crippen LogP contribution in [0.3, 0.4) is 0 Å². The van der Waals surface area contributed by atoms with E-state index in [4.69, 9.17) is 11.6 Å². The van der Waals surface area contributed by atoms with E-state index in [0.29, 0.717) is 6.04 Å². The summed E-state index contributed by atoms with van der Waals surface area (Å²) in [5, 5.41) is 9.01. The number of nitrogens with zero attached hydrogens (tertiary/aromatic N) is 2. The van der Waals surface area contributed by atoms with Gasteiger partial charge in [-0.1, -0.05) is 37.1 Å². The first kappa shape index (κ1) is 14.6. The highest BCUT2D eigenvalue weighted by molar-refractivity contribution is 6.30. The predicted molar refractivity (Wildman–Crippen MR) is 86.8 cm³/mol. The number of benzene rings is 1. The van der Waals surface area contributed by atoms with Crippen LogP contribution in [0.5, 0.6) is 0 Å². The number of aromatic nitrogens is 2. The molecule has 0 radical (unpaired) electrons. The van der Waals surface area contributed by atoms with Crippen molar-refractivity contribution >= 4 is 11.6 Å². The summed E-state index contributed by atoms with van der Waals surface area (Å²) in [5.74, 6) is 0. The van der Waals surface area contributed by atoms with Crippen LogP contribution in [0.15, 0.2) is 30.5 Å². The molecule has 1 aromatic heterocycles. The van der Waals surface area contributed by atoms with Crippen LogP contribution in [0.25, 0.3) is 0 Å². The summed E-state index contributed by atoms with van der Waals surface area (Å²) in [4.78, 5) is 0. The lowest BCUT2D eigenvalue weighted by Crippen LogP contribution is -2.20. The van der Waals surface area contributed by atoms with E-state index in [9.17, 15) is 0 Å². The molecule has 4 heteroatoms. The fourth-order valence-electron chi connectivity index (χ4n) is 3.19. The fraction of sp³-hybridized carbons (Fsp3) is 0.471. The van der Waals surface area contributed by atoms with Gasteiger partial charge in [-0.3, -0.25) is 4.68 Å². The number of halogens is 1. The van der Waals surface area contributed by atoms with E-state index < -0.39 is 0 Å². The van der Waals surface area contributed by atoms with Crippen molar-refractivity contribution < 1.29 is 0 Å². The number of hydrogen-bond acceptors (Lipinski definition) is 2. The molecule has 1 aliphatic rings. The molecule has 0 amide bonds. The maximum absolute atomic E-state index is 6.08. The molecule has 0 aliphatic heterocycles. The Morgan fingerprint density at radius 2 is 2.29 bits per heavy atom. The second kappa shape index (κ2) is 6.63. The number of hydrogen-bond donors (Lipinski definition) is 1. The van der Waals surface area contributed by atoms with Gasteiger partial charge in [-0.2, -0.15) is 5.10 Å². The molecule has 21 heavy (non-hydrogen) atoms. The minimum Gasteiger partial charge on any atom is -0.310 e. The van der Waals surface area contributed by atoms with Gasteiger partial charge in [-0.25, -0.2) is 0 Å². The highest BCUT2D eigenvalue weighted by atomic mass is 35.5. The van der Waals surface area contributed by atoms with Crippen molar-refractivity contribution in [3.05, 3.63) is 52.3 Å². The first-order valence-corrected chi connectivity index (χ1v) is 8.18. The molecule has 0 bridgehead atoms. The highest BCUT2D eigenvalue weighted by Gasteiger charge is 2.21. The summed E-state index contributed by atoms with van der Waals surface area (Å²) in [7, 11) is 0. The molecule has 0 fully saturated rings. The molecule has 2 aromatic rings. The van der Waals surface area contributed by atoms with Crippen molar-refractivity contribution in [2.75, 3.05) is 6.54 Å². The molecule has 0 spiro atoms. The SMILES string of the molecule is CCNC1CCCCc2c1cnn2Cc1cccc(Cl)c1. The van der Waals surface area contributed by atoms with Gasteiger partial charge < -0.3 is 5.32 Å². The third-order valence-electron chi connectivity index (χ3n) is 4.18. The monoisotopic (exact) mass is 303 g/mol. The second-order valence-corrected chi connectivity index (χ2v) is 6.13. The molecule has 0 saturated carbocycles. The van der Waals surface area contributed by atoms with E-state index in [1.54, 1.807) is 0 Å². The van der Waals surface area contributed by atoms with Crippen LogP contribution in [0.1, 0.15) is 49.0 Å². The molecule has 1 aliphatic carbocycles. The maximum Gasteiger partial charge on any atom is 0.0663 e. The van der Waals surface area contributed by atoms with Gasteiger partial charge in [0.05, 0.1) is 12.7 Å². The number of fused-ring (bicyclic) bond motifs is 1. The zero-order valence-corrected chi connectivity index (χ0v) is 13.2. The van der Waals surface area contributed by atoms with Crippen LogP contribution in [0, 0.1) is 0 Å². The summed E-state index contributed by atoms with van der Waals surface area (Å²) >= 11 is 6.08. The molecule has 3 rings (SSSR count). The Morgan fingerprint density at radius 3 is 3.10 bits per heavy atom. The Morgan fingerprint density at radius 1 is 1.38 bits per heavy atom. The Bertz CT molecular complexity index is 606. The van der Waals surface area contributed by atoms with E-state index in [1.807, 2.05) is 18.2 Å². The third kappa shape index (κ3) is 3.30. The lowest BCUT2D eigenvalue weighted by molar-refractivity contribution is 0.503.